The first-order valence-electron chi connectivity index (χ1n) is 12.3. The molecule has 184 valence electrons. The lowest BCUT2D eigenvalue weighted by atomic mass is 9.64. The number of dihydropyridines is 1. The van der Waals surface area contributed by atoms with E-state index in [1.54, 1.807) is 0 Å². The fraction of sp³-hybridized carbons (Fsp3) is 0.571. The Morgan fingerprint density at radius 1 is 0.912 bits per heavy atom. The lowest BCUT2D eigenvalue weighted by Gasteiger charge is -2.44. The summed E-state index contributed by atoms with van der Waals surface area (Å²) in [5, 5.41) is 3.58. The van der Waals surface area contributed by atoms with Crippen LogP contribution in [0.25, 0.3) is 0 Å². The summed E-state index contributed by atoms with van der Waals surface area (Å²) in [6.45, 7) is 13.7. The molecule has 6 heteroatoms. The zero-order valence-corrected chi connectivity index (χ0v) is 23.4. The van der Waals surface area contributed by atoms with Crippen molar-refractivity contribution in [3.8, 4) is 11.5 Å². The Labute approximate surface area is 216 Å². The molecule has 0 unspecified atom stereocenters. The number of Topliss-reactive ketones (excluding diaryl/α,β-unsaturated/α-hetero) is 2. The molecular weight excluding hydrogens is 541 g/mol. The Morgan fingerprint density at radius 3 is 1.97 bits per heavy atom. The number of carbonyl (C=O) groups is 2. The second-order valence-electron chi connectivity index (χ2n) is 11.3. The molecule has 0 spiro atoms. The first kappa shape index (κ1) is 25.3. The molecule has 1 heterocycles. The van der Waals surface area contributed by atoms with E-state index in [4.69, 9.17) is 9.47 Å². The molecule has 0 saturated carbocycles. The second kappa shape index (κ2) is 9.32. The van der Waals surface area contributed by atoms with Gasteiger partial charge in [-0.05, 0) is 77.3 Å². The van der Waals surface area contributed by atoms with Crippen LogP contribution in [0.15, 0.2) is 34.7 Å². The number of halogens is 1. The quantitative estimate of drug-likeness (QED) is 0.394. The molecule has 4 rings (SSSR count). The summed E-state index contributed by atoms with van der Waals surface area (Å²) in [5.74, 6) is 1.30. The molecular formula is C28H36INO4. The molecule has 3 aliphatic rings. The van der Waals surface area contributed by atoms with Gasteiger partial charge < -0.3 is 14.8 Å². The van der Waals surface area contributed by atoms with Crippen LogP contribution in [-0.2, 0) is 9.59 Å². The summed E-state index contributed by atoms with van der Waals surface area (Å²) in [6.07, 6.45) is 3.46. The number of ketones is 2. The summed E-state index contributed by atoms with van der Waals surface area (Å²) in [7, 11) is 0. The average molecular weight is 578 g/mol. The number of nitrogens with one attached hydrogen (secondary N) is 1. The van der Waals surface area contributed by atoms with Crippen LogP contribution in [-0.4, -0.2) is 24.8 Å². The predicted molar refractivity (Wildman–Crippen MR) is 142 cm³/mol. The Hall–Kier alpha value is -1.83. The van der Waals surface area contributed by atoms with Crippen molar-refractivity contribution in [2.45, 2.75) is 79.6 Å². The molecule has 0 fully saturated rings. The topological polar surface area (TPSA) is 64.6 Å². The van der Waals surface area contributed by atoms with Crippen LogP contribution in [0.1, 0.15) is 85.1 Å². The highest BCUT2D eigenvalue weighted by molar-refractivity contribution is 14.1. The zero-order chi connectivity index (χ0) is 24.8. The van der Waals surface area contributed by atoms with Gasteiger partial charge in [0.05, 0.1) is 16.8 Å². The van der Waals surface area contributed by atoms with Crippen molar-refractivity contribution >= 4 is 34.2 Å². The first-order valence-corrected chi connectivity index (χ1v) is 13.4. The largest absolute Gasteiger partial charge is 0.490 e. The van der Waals surface area contributed by atoms with Gasteiger partial charge in [-0.1, -0.05) is 34.6 Å². The van der Waals surface area contributed by atoms with Gasteiger partial charge in [0.25, 0.3) is 0 Å². The standard InChI is InChI=1S/C28H36INO4/c1-7-9-34-26-17(29)10-16(11-22(26)33-8-2)23-24-18(12-27(3,4)14-20(24)31)30-19-13-28(5,6)15-21(32)25(19)23/h10-11,23,30H,7-9,12-15H2,1-6H3. The Bertz CT molecular complexity index is 1040. The van der Waals surface area contributed by atoms with E-state index in [1.807, 2.05) is 13.0 Å². The second-order valence-corrected chi connectivity index (χ2v) is 12.5. The van der Waals surface area contributed by atoms with Crippen LogP contribution in [0.4, 0.5) is 0 Å². The number of hydrogen-bond acceptors (Lipinski definition) is 5. The molecule has 0 aromatic heterocycles. The van der Waals surface area contributed by atoms with Gasteiger partial charge in [0, 0.05) is 41.3 Å². The summed E-state index contributed by atoms with van der Waals surface area (Å²) in [6, 6.07) is 4.06. The fourth-order valence-corrected chi connectivity index (χ4v) is 6.37. The minimum atomic E-state index is -0.369. The molecule has 1 aliphatic heterocycles. The van der Waals surface area contributed by atoms with Gasteiger partial charge in [-0.25, -0.2) is 0 Å². The molecule has 0 saturated heterocycles. The lowest BCUT2D eigenvalue weighted by molar-refractivity contribution is -0.119. The van der Waals surface area contributed by atoms with Crippen molar-refractivity contribution in [1.29, 1.82) is 0 Å². The van der Waals surface area contributed by atoms with E-state index in [9.17, 15) is 9.59 Å². The van der Waals surface area contributed by atoms with Gasteiger partial charge in [-0.3, -0.25) is 9.59 Å². The maximum absolute atomic E-state index is 13.6. The van der Waals surface area contributed by atoms with Gasteiger partial charge in [-0.2, -0.15) is 0 Å². The average Bonchev–Trinajstić information content (AvgIpc) is 2.70. The highest BCUT2D eigenvalue weighted by Crippen LogP contribution is 2.52. The Morgan fingerprint density at radius 2 is 1.47 bits per heavy atom. The van der Waals surface area contributed by atoms with Crippen LogP contribution in [0.2, 0.25) is 0 Å². The van der Waals surface area contributed by atoms with Crippen LogP contribution in [0, 0.1) is 14.4 Å². The summed E-state index contributed by atoms with van der Waals surface area (Å²) in [5.41, 5.74) is 4.19. The van der Waals surface area contributed by atoms with Crippen LogP contribution in [0.3, 0.4) is 0 Å². The third-order valence-corrected chi connectivity index (χ3v) is 7.64. The first-order chi connectivity index (χ1) is 16.0. The number of allylic oxidation sites excluding steroid dienone is 4. The van der Waals surface area contributed by atoms with Crippen LogP contribution in [0.5, 0.6) is 11.5 Å². The maximum atomic E-state index is 13.6. The summed E-state index contributed by atoms with van der Waals surface area (Å²) in [4.78, 5) is 27.1. The molecule has 0 atom stereocenters. The van der Waals surface area contributed by atoms with Crippen molar-refractivity contribution in [2.24, 2.45) is 10.8 Å². The Kier molecular flexibility index (Phi) is 6.93. The number of benzene rings is 1. The van der Waals surface area contributed by atoms with Crippen molar-refractivity contribution < 1.29 is 19.1 Å². The number of ether oxygens (including phenoxy) is 2. The van der Waals surface area contributed by atoms with E-state index in [0.29, 0.717) is 31.8 Å². The van der Waals surface area contributed by atoms with E-state index in [2.05, 4.69) is 68.6 Å². The molecule has 34 heavy (non-hydrogen) atoms. The number of carbonyl (C=O) groups excluding carboxylic acids is 2. The van der Waals surface area contributed by atoms with Gasteiger partial charge in [0.2, 0.25) is 0 Å². The smallest absolute Gasteiger partial charge is 0.174 e. The maximum Gasteiger partial charge on any atom is 0.174 e. The molecule has 1 aromatic rings. The van der Waals surface area contributed by atoms with Crippen molar-refractivity contribution in [3.63, 3.8) is 0 Å². The molecule has 1 aromatic carbocycles. The number of hydrogen-bond donors (Lipinski definition) is 1. The highest BCUT2D eigenvalue weighted by atomic mass is 127. The van der Waals surface area contributed by atoms with Gasteiger partial charge in [0.15, 0.2) is 23.1 Å². The van der Waals surface area contributed by atoms with Crippen molar-refractivity contribution in [2.75, 3.05) is 13.2 Å². The van der Waals surface area contributed by atoms with E-state index in [0.717, 1.165) is 56.7 Å². The van der Waals surface area contributed by atoms with Gasteiger partial charge in [-0.15, -0.1) is 0 Å². The van der Waals surface area contributed by atoms with Crippen molar-refractivity contribution in [1.82, 2.24) is 5.32 Å². The van der Waals surface area contributed by atoms with Crippen LogP contribution >= 0.6 is 22.6 Å². The van der Waals surface area contributed by atoms with Crippen molar-refractivity contribution in [3.05, 3.63) is 43.8 Å². The predicted octanol–water partition coefficient (Wildman–Crippen LogP) is 6.45. The minimum absolute atomic E-state index is 0.109. The van der Waals surface area contributed by atoms with Gasteiger partial charge >= 0.3 is 0 Å². The summed E-state index contributed by atoms with van der Waals surface area (Å²) < 4.78 is 12.9. The monoisotopic (exact) mass is 577 g/mol. The molecule has 0 radical (unpaired) electrons. The third kappa shape index (κ3) is 4.79. The van der Waals surface area contributed by atoms with Gasteiger partial charge in [0.1, 0.15) is 0 Å². The number of rotatable bonds is 6. The molecule has 0 amide bonds. The minimum Gasteiger partial charge on any atom is -0.490 e. The normalized spacial score (nSPS) is 21.7. The van der Waals surface area contributed by atoms with E-state index in [-0.39, 0.29) is 28.3 Å². The SMILES string of the molecule is CCCOc1c(I)cc(C2C3=C(CC(C)(C)CC3=O)NC3=C2C(=O)CC(C)(C)C3)cc1OCC. The summed E-state index contributed by atoms with van der Waals surface area (Å²) >= 11 is 2.28. The molecule has 0 bridgehead atoms. The fourth-order valence-electron chi connectivity index (χ4n) is 5.58. The lowest BCUT2D eigenvalue weighted by Crippen LogP contribution is -2.42. The van der Waals surface area contributed by atoms with E-state index in [1.165, 1.54) is 0 Å². The highest BCUT2D eigenvalue weighted by Gasteiger charge is 2.46. The molecule has 1 N–H and O–H groups in total. The zero-order valence-electron chi connectivity index (χ0n) is 21.2. The van der Waals surface area contributed by atoms with E-state index >= 15 is 0 Å². The third-order valence-electron chi connectivity index (χ3n) is 6.83. The van der Waals surface area contributed by atoms with E-state index < -0.39 is 0 Å². The molecule has 2 aliphatic carbocycles. The Balaban J connectivity index is 1.91. The van der Waals surface area contributed by atoms with Crippen LogP contribution < -0.4 is 14.8 Å². The molecule has 5 nitrogen and oxygen atoms in total.